The lowest BCUT2D eigenvalue weighted by Crippen LogP contribution is -2.23. The molecule has 0 saturated heterocycles. The summed E-state index contributed by atoms with van der Waals surface area (Å²) in [5.74, 6) is 0.625. The predicted octanol–water partition coefficient (Wildman–Crippen LogP) is 4.06. The van der Waals surface area contributed by atoms with Crippen molar-refractivity contribution in [2.24, 2.45) is 0 Å². The molecule has 2 atom stereocenters. The minimum atomic E-state index is -1.40. The second-order valence-electron chi connectivity index (χ2n) is 5.36. The molecule has 0 spiro atoms. The Balaban J connectivity index is 2.45. The average Bonchev–Trinajstić information content (AvgIpc) is 2.68. The van der Waals surface area contributed by atoms with E-state index in [9.17, 15) is 5.26 Å². The lowest BCUT2D eigenvalue weighted by molar-refractivity contribution is 0.407. The van der Waals surface area contributed by atoms with Crippen molar-refractivity contribution in [2.45, 2.75) is 18.0 Å². The largest absolute Gasteiger partial charge is 0.496 e. The van der Waals surface area contributed by atoms with Gasteiger partial charge in [-0.3, -0.25) is 9.69 Å². The highest BCUT2D eigenvalue weighted by atomic mass is 16.5. The lowest BCUT2D eigenvalue weighted by atomic mass is 9.85. The molecule has 0 aliphatic rings. The molecule has 0 amide bonds. The summed E-state index contributed by atoms with van der Waals surface area (Å²) in [5.41, 5.74) is 0.451. The third kappa shape index (κ3) is 3.42. The Bertz CT molecular complexity index is 892. The van der Waals surface area contributed by atoms with Gasteiger partial charge in [-0.2, -0.15) is 10.5 Å². The first-order chi connectivity index (χ1) is 12.1. The molecule has 25 heavy (non-hydrogen) atoms. The number of hydrogen-bond donors (Lipinski definition) is 0. The molecular weight excluding hydrogens is 312 g/mol. The number of nitriles is 2. The van der Waals surface area contributed by atoms with Crippen molar-refractivity contribution in [1.82, 2.24) is 0 Å². The predicted molar refractivity (Wildman–Crippen MR) is 92.0 cm³/mol. The standard InChI is InChI=1S/C20H14N4O/c1-23-18(13-21)15-8-10-17(11-9-15)20(14-22,24-2)12-16-6-4-5-7-19(16)25-3/h4-11,18H,12H2,3H3. The molecule has 0 aliphatic heterocycles. The highest BCUT2D eigenvalue weighted by molar-refractivity contribution is 5.44. The first-order valence-corrected chi connectivity index (χ1v) is 7.42. The number of rotatable bonds is 5. The quantitative estimate of drug-likeness (QED) is 0.778. The molecule has 0 bridgehead atoms. The van der Waals surface area contributed by atoms with Gasteiger partial charge in [-0.25, -0.2) is 13.1 Å². The summed E-state index contributed by atoms with van der Waals surface area (Å²) in [5, 5.41) is 18.7. The van der Waals surface area contributed by atoms with E-state index in [1.54, 1.807) is 37.4 Å². The first-order valence-electron chi connectivity index (χ1n) is 7.42. The van der Waals surface area contributed by atoms with E-state index in [2.05, 4.69) is 15.8 Å². The van der Waals surface area contributed by atoms with Crippen LogP contribution in [-0.2, 0) is 12.0 Å². The van der Waals surface area contributed by atoms with Crippen molar-refractivity contribution in [2.75, 3.05) is 7.11 Å². The van der Waals surface area contributed by atoms with E-state index < -0.39 is 11.6 Å². The Labute approximate surface area is 147 Å². The van der Waals surface area contributed by atoms with Gasteiger partial charge in [0.1, 0.15) is 5.75 Å². The van der Waals surface area contributed by atoms with E-state index >= 15 is 0 Å². The molecule has 0 aromatic heterocycles. The Morgan fingerprint density at radius 2 is 1.80 bits per heavy atom. The third-order valence-electron chi connectivity index (χ3n) is 3.97. The molecule has 120 valence electrons. The Morgan fingerprint density at radius 3 is 2.32 bits per heavy atom. The monoisotopic (exact) mass is 326 g/mol. The summed E-state index contributed by atoms with van der Waals surface area (Å²) < 4.78 is 5.31. The van der Waals surface area contributed by atoms with Crippen molar-refractivity contribution in [3.8, 4) is 17.9 Å². The van der Waals surface area contributed by atoms with E-state index in [-0.39, 0.29) is 6.42 Å². The van der Waals surface area contributed by atoms with E-state index in [4.69, 9.17) is 23.1 Å². The fourth-order valence-corrected chi connectivity index (χ4v) is 2.58. The van der Waals surface area contributed by atoms with Crippen LogP contribution in [0.25, 0.3) is 9.69 Å². The number of para-hydroxylation sites is 1. The van der Waals surface area contributed by atoms with Crippen LogP contribution in [0.2, 0.25) is 0 Å². The fourth-order valence-electron chi connectivity index (χ4n) is 2.58. The zero-order valence-electron chi connectivity index (χ0n) is 13.6. The Hall–Kier alpha value is -3.80. The van der Waals surface area contributed by atoms with Crippen LogP contribution >= 0.6 is 0 Å². The molecule has 0 heterocycles. The minimum absolute atomic E-state index is 0.181. The van der Waals surface area contributed by atoms with Gasteiger partial charge in [0.05, 0.1) is 19.1 Å². The molecule has 0 fully saturated rings. The third-order valence-corrected chi connectivity index (χ3v) is 3.97. The van der Waals surface area contributed by atoms with Crippen molar-refractivity contribution < 1.29 is 4.74 Å². The van der Waals surface area contributed by atoms with Crippen LogP contribution in [-0.4, -0.2) is 7.11 Å². The fraction of sp³-hybridized carbons (Fsp3) is 0.200. The van der Waals surface area contributed by atoms with Gasteiger partial charge in [-0.15, -0.1) is 0 Å². The van der Waals surface area contributed by atoms with Gasteiger partial charge in [0, 0.05) is 11.1 Å². The SMILES string of the molecule is [C-]#[N+]C(C#N)c1ccc(C(C#N)(Cc2ccccc2OC)[N+]#[C-])cc1. The maximum absolute atomic E-state index is 9.72. The normalized spacial score (nSPS) is 13.2. The highest BCUT2D eigenvalue weighted by Gasteiger charge is 2.40. The summed E-state index contributed by atoms with van der Waals surface area (Å²) in [6, 6.07) is 17.0. The number of ether oxygens (including phenoxy) is 1. The molecule has 5 nitrogen and oxygen atoms in total. The zero-order valence-corrected chi connectivity index (χ0v) is 13.6. The summed E-state index contributed by atoms with van der Waals surface area (Å²) in [4.78, 5) is 6.85. The van der Waals surface area contributed by atoms with E-state index in [0.717, 1.165) is 5.56 Å². The number of benzene rings is 2. The average molecular weight is 326 g/mol. The van der Waals surface area contributed by atoms with Crippen LogP contribution in [0.5, 0.6) is 5.75 Å². The van der Waals surface area contributed by atoms with Gasteiger partial charge >= 0.3 is 11.6 Å². The van der Waals surface area contributed by atoms with Crippen molar-refractivity contribution in [1.29, 1.82) is 10.5 Å². The Kier molecular flexibility index (Phi) is 5.37. The van der Waals surface area contributed by atoms with Crippen LogP contribution in [0.3, 0.4) is 0 Å². The number of nitrogens with zero attached hydrogens (tertiary/aromatic N) is 4. The van der Waals surface area contributed by atoms with Gasteiger partial charge in [-0.1, -0.05) is 18.2 Å². The molecule has 2 aromatic carbocycles. The van der Waals surface area contributed by atoms with Crippen molar-refractivity contribution >= 4 is 0 Å². The topological polar surface area (TPSA) is 65.5 Å². The van der Waals surface area contributed by atoms with E-state index in [0.29, 0.717) is 16.9 Å². The minimum Gasteiger partial charge on any atom is -0.496 e. The number of methoxy groups -OCH3 is 1. The molecule has 2 unspecified atom stereocenters. The molecule has 2 aromatic rings. The molecule has 2 rings (SSSR count). The molecule has 0 aliphatic carbocycles. The van der Waals surface area contributed by atoms with Crippen LogP contribution < -0.4 is 4.74 Å². The van der Waals surface area contributed by atoms with E-state index in [1.165, 1.54) is 0 Å². The molecular formula is C20H14N4O. The van der Waals surface area contributed by atoms with Gasteiger partial charge < -0.3 is 4.74 Å². The van der Waals surface area contributed by atoms with Gasteiger partial charge in [0.15, 0.2) is 12.1 Å². The molecule has 0 radical (unpaired) electrons. The maximum atomic E-state index is 9.72. The second kappa shape index (κ2) is 7.65. The van der Waals surface area contributed by atoms with Crippen LogP contribution in [0.15, 0.2) is 48.5 Å². The van der Waals surface area contributed by atoms with Gasteiger partial charge in [0.2, 0.25) is 0 Å². The second-order valence-corrected chi connectivity index (χ2v) is 5.36. The molecule has 5 heteroatoms. The smallest absolute Gasteiger partial charge is 0.344 e. The first kappa shape index (κ1) is 17.6. The molecule has 0 N–H and O–H groups in total. The van der Waals surface area contributed by atoms with Crippen molar-refractivity contribution in [3.05, 3.63) is 88.1 Å². The van der Waals surface area contributed by atoms with Gasteiger partial charge in [0.25, 0.3) is 0 Å². The summed E-state index contributed by atoms with van der Waals surface area (Å²) in [6.45, 7) is 14.6. The summed E-state index contributed by atoms with van der Waals surface area (Å²) in [7, 11) is 1.55. The summed E-state index contributed by atoms with van der Waals surface area (Å²) >= 11 is 0. The van der Waals surface area contributed by atoms with Crippen LogP contribution in [0.4, 0.5) is 0 Å². The molecule has 0 saturated carbocycles. The van der Waals surface area contributed by atoms with E-state index in [1.807, 2.05) is 24.3 Å². The number of hydrogen-bond acceptors (Lipinski definition) is 3. The van der Waals surface area contributed by atoms with Crippen LogP contribution in [0, 0.1) is 35.8 Å². The lowest BCUT2D eigenvalue weighted by Gasteiger charge is -2.17. The Morgan fingerprint density at radius 1 is 1.12 bits per heavy atom. The van der Waals surface area contributed by atoms with Gasteiger partial charge in [-0.05, 0) is 30.3 Å². The van der Waals surface area contributed by atoms with Crippen molar-refractivity contribution in [3.63, 3.8) is 0 Å². The summed E-state index contributed by atoms with van der Waals surface area (Å²) in [6.07, 6.45) is 0.181. The highest BCUT2D eigenvalue weighted by Crippen LogP contribution is 2.33. The maximum Gasteiger partial charge on any atom is 0.344 e. The zero-order chi connectivity index (χ0) is 18.3. The van der Waals surface area contributed by atoms with Crippen LogP contribution in [0.1, 0.15) is 22.7 Å².